The SMILES string of the molecule is Cc1ccc(C[C@@H](CC(=O)O)NC(=O)Cc2cccc(C)c2)cc1. The number of hydrogen-bond donors (Lipinski definition) is 2. The van der Waals surface area contributed by atoms with E-state index in [0.29, 0.717) is 6.42 Å². The van der Waals surface area contributed by atoms with Gasteiger partial charge in [0.1, 0.15) is 0 Å². The van der Waals surface area contributed by atoms with Crippen LogP contribution < -0.4 is 5.32 Å². The van der Waals surface area contributed by atoms with Crippen LogP contribution in [0.1, 0.15) is 28.7 Å². The summed E-state index contributed by atoms with van der Waals surface area (Å²) in [4.78, 5) is 23.3. The molecule has 0 bridgehead atoms. The van der Waals surface area contributed by atoms with Crippen molar-refractivity contribution in [1.82, 2.24) is 5.32 Å². The zero-order valence-electron chi connectivity index (χ0n) is 14.1. The highest BCUT2D eigenvalue weighted by atomic mass is 16.4. The summed E-state index contributed by atoms with van der Waals surface area (Å²) in [5, 5.41) is 12.0. The average Bonchev–Trinajstić information content (AvgIpc) is 2.48. The van der Waals surface area contributed by atoms with Crippen molar-refractivity contribution in [2.75, 3.05) is 0 Å². The maximum atomic E-state index is 12.3. The second-order valence-electron chi connectivity index (χ2n) is 6.22. The number of aryl methyl sites for hydroxylation is 2. The Hall–Kier alpha value is -2.62. The summed E-state index contributed by atoms with van der Waals surface area (Å²) in [7, 11) is 0. The van der Waals surface area contributed by atoms with Crippen molar-refractivity contribution in [3.05, 3.63) is 70.8 Å². The van der Waals surface area contributed by atoms with Gasteiger partial charge in [-0.25, -0.2) is 0 Å². The zero-order valence-corrected chi connectivity index (χ0v) is 14.1. The minimum Gasteiger partial charge on any atom is -0.481 e. The highest BCUT2D eigenvalue weighted by Gasteiger charge is 2.17. The standard InChI is InChI=1S/C20H23NO3/c1-14-6-8-16(9-7-14)11-18(13-20(23)24)21-19(22)12-17-5-3-4-15(2)10-17/h3-10,18H,11-13H2,1-2H3,(H,21,22)(H,23,24)/t18-/m0/s1. The van der Waals surface area contributed by atoms with E-state index in [1.807, 2.05) is 62.4 Å². The number of nitrogens with one attached hydrogen (secondary N) is 1. The maximum Gasteiger partial charge on any atom is 0.305 e. The lowest BCUT2D eigenvalue weighted by Crippen LogP contribution is -2.39. The number of aliphatic carboxylic acids is 1. The van der Waals surface area contributed by atoms with Crippen molar-refractivity contribution < 1.29 is 14.7 Å². The highest BCUT2D eigenvalue weighted by Crippen LogP contribution is 2.10. The summed E-state index contributed by atoms with van der Waals surface area (Å²) in [6.07, 6.45) is 0.672. The van der Waals surface area contributed by atoms with Crippen molar-refractivity contribution in [2.45, 2.75) is 39.2 Å². The van der Waals surface area contributed by atoms with E-state index in [4.69, 9.17) is 5.11 Å². The molecule has 0 fully saturated rings. The van der Waals surface area contributed by atoms with Crippen LogP contribution in [-0.4, -0.2) is 23.0 Å². The van der Waals surface area contributed by atoms with Crippen LogP contribution in [0.5, 0.6) is 0 Å². The monoisotopic (exact) mass is 325 g/mol. The molecule has 0 heterocycles. The molecule has 1 amide bonds. The molecule has 0 saturated heterocycles. The van der Waals surface area contributed by atoms with Crippen molar-refractivity contribution >= 4 is 11.9 Å². The third-order valence-corrected chi connectivity index (χ3v) is 3.84. The third-order valence-electron chi connectivity index (χ3n) is 3.84. The first-order chi connectivity index (χ1) is 11.4. The Balaban J connectivity index is 2.00. The van der Waals surface area contributed by atoms with E-state index in [1.165, 1.54) is 0 Å². The van der Waals surface area contributed by atoms with Gasteiger partial charge in [-0.05, 0) is 31.4 Å². The molecule has 0 saturated carbocycles. The van der Waals surface area contributed by atoms with Gasteiger partial charge in [0, 0.05) is 6.04 Å². The van der Waals surface area contributed by atoms with Crippen molar-refractivity contribution in [3.8, 4) is 0 Å². The van der Waals surface area contributed by atoms with E-state index in [9.17, 15) is 9.59 Å². The lowest BCUT2D eigenvalue weighted by atomic mass is 10.0. The smallest absolute Gasteiger partial charge is 0.305 e. The van der Waals surface area contributed by atoms with E-state index < -0.39 is 12.0 Å². The van der Waals surface area contributed by atoms with Crippen molar-refractivity contribution in [2.24, 2.45) is 0 Å². The Morgan fingerprint density at radius 2 is 1.71 bits per heavy atom. The summed E-state index contributed by atoms with van der Waals surface area (Å²) < 4.78 is 0. The van der Waals surface area contributed by atoms with Gasteiger partial charge >= 0.3 is 5.97 Å². The quantitative estimate of drug-likeness (QED) is 0.822. The predicted octanol–water partition coefficient (Wildman–Crippen LogP) is 3.05. The van der Waals surface area contributed by atoms with Gasteiger partial charge in [0.05, 0.1) is 12.8 Å². The molecule has 0 aliphatic carbocycles. The minimum atomic E-state index is -0.914. The van der Waals surface area contributed by atoms with Crippen LogP contribution >= 0.6 is 0 Å². The van der Waals surface area contributed by atoms with Gasteiger partial charge in [-0.15, -0.1) is 0 Å². The fourth-order valence-electron chi connectivity index (χ4n) is 2.68. The Kier molecular flexibility index (Phi) is 6.13. The minimum absolute atomic E-state index is 0.0898. The molecule has 2 N–H and O–H groups in total. The second kappa shape index (κ2) is 8.29. The van der Waals surface area contributed by atoms with E-state index in [1.54, 1.807) is 0 Å². The molecule has 0 aromatic heterocycles. The molecule has 0 aliphatic heterocycles. The molecule has 2 aromatic carbocycles. The van der Waals surface area contributed by atoms with Crippen LogP contribution in [0.25, 0.3) is 0 Å². The van der Waals surface area contributed by atoms with E-state index in [0.717, 1.165) is 22.3 Å². The summed E-state index contributed by atoms with van der Waals surface area (Å²) in [5.41, 5.74) is 4.19. The number of amides is 1. The summed E-state index contributed by atoms with van der Waals surface area (Å²) in [6, 6.07) is 15.3. The average molecular weight is 325 g/mol. The molecule has 4 heteroatoms. The molecule has 0 radical (unpaired) electrons. The van der Waals surface area contributed by atoms with Crippen LogP contribution in [0.2, 0.25) is 0 Å². The van der Waals surface area contributed by atoms with Crippen LogP contribution in [0.15, 0.2) is 48.5 Å². The van der Waals surface area contributed by atoms with E-state index in [-0.39, 0.29) is 18.7 Å². The molecule has 2 rings (SSSR count). The van der Waals surface area contributed by atoms with Crippen LogP contribution in [-0.2, 0) is 22.4 Å². The van der Waals surface area contributed by atoms with Gasteiger partial charge in [0.25, 0.3) is 0 Å². The Morgan fingerprint density at radius 1 is 1.00 bits per heavy atom. The van der Waals surface area contributed by atoms with Crippen molar-refractivity contribution in [1.29, 1.82) is 0 Å². The summed E-state index contributed by atoms with van der Waals surface area (Å²) in [5.74, 6) is -1.07. The van der Waals surface area contributed by atoms with Gasteiger partial charge in [0.2, 0.25) is 5.91 Å². The number of benzene rings is 2. The number of carboxylic acids is 1. The molecule has 4 nitrogen and oxygen atoms in total. The van der Waals surface area contributed by atoms with Gasteiger partial charge in [-0.2, -0.15) is 0 Å². The Labute approximate surface area is 142 Å². The number of hydrogen-bond acceptors (Lipinski definition) is 2. The summed E-state index contributed by atoms with van der Waals surface area (Å²) >= 11 is 0. The first-order valence-corrected chi connectivity index (χ1v) is 8.04. The van der Waals surface area contributed by atoms with E-state index in [2.05, 4.69) is 5.32 Å². The largest absolute Gasteiger partial charge is 0.481 e. The lowest BCUT2D eigenvalue weighted by molar-refractivity contribution is -0.137. The van der Waals surface area contributed by atoms with Gasteiger partial charge in [0.15, 0.2) is 0 Å². The summed E-state index contributed by atoms with van der Waals surface area (Å²) in [6.45, 7) is 3.98. The normalized spacial score (nSPS) is 11.8. The molecule has 1 atom stereocenters. The third kappa shape index (κ3) is 5.88. The maximum absolute atomic E-state index is 12.3. The molecular formula is C20H23NO3. The second-order valence-corrected chi connectivity index (χ2v) is 6.22. The lowest BCUT2D eigenvalue weighted by Gasteiger charge is -2.17. The van der Waals surface area contributed by atoms with Gasteiger partial charge < -0.3 is 10.4 Å². The molecular weight excluding hydrogens is 302 g/mol. The Bertz CT molecular complexity index is 707. The van der Waals surface area contributed by atoms with Gasteiger partial charge in [-0.3, -0.25) is 9.59 Å². The Morgan fingerprint density at radius 3 is 2.33 bits per heavy atom. The molecule has 24 heavy (non-hydrogen) atoms. The predicted molar refractivity (Wildman–Crippen MR) is 93.9 cm³/mol. The number of carboxylic acid groups (broad SMARTS) is 1. The molecule has 0 aliphatic rings. The first kappa shape index (κ1) is 17.7. The van der Waals surface area contributed by atoms with Crippen LogP contribution in [0.4, 0.5) is 0 Å². The number of rotatable bonds is 7. The molecule has 2 aromatic rings. The topological polar surface area (TPSA) is 66.4 Å². The highest BCUT2D eigenvalue weighted by molar-refractivity contribution is 5.79. The van der Waals surface area contributed by atoms with Crippen molar-refractivity contribution in [3.63, 3.8) is 0 Å². The zero-order chi connectivity index (χ0) is 17.5. The molecule has 126 valence electrons. The molecule has 0 spiro atoms. The van der Waals surface area contributed by atoms with Gasteiger partial charge in [-0.1, -0.05) is 59.7 Å². The van der Waals surface area contributed by atoms with E-state index >= 15 is 0 Å². The molecule has 0 unspecified atom stereocenters. The number of carbonyl (C=O) groups excluding carboxylic acids is 1. The van der Waals surface area contributed by atoms with Crippen LogP contribution in [0.3, 0.4) is 0 Å². The number of carbonyl (C=O) groups is 2. The fraction of sp³-hybridized carbons (Fsp3) is 0.300. The van der Waals surface area contributed by atoms with Crippen LogP contribution in [0, 0.1) is 13.8 Å². The first-order valence-electron chi connectivity index (χ1n) is 8.04. The fourth-order valence-corrected chi connectivity index (χ4v) is 2.68.